The Balaban J connectivity index is 2.38. The predicted molar refractivity (Wildman–Crippen MR) is 41.4 cm³/mol. The zero-order valence-corrected chi connectivity index (χ0v) is 6.06. The van der Waals surface area contributed by atoms with E-state index in [0.29, 0.717) is 0 Å². The van der Waals surface area contributed by atoms with E-state index in [4.69, 9.17) is 0 Å². The summed E-state index contributed by atoms with van der Waals surface area (Å²) in [4.78, 5) is 0. The molecule has 0 aromatic carbocycles. The lowest BCUT2D eigenvalue weighted by molar-refractivity contribution is 0.821. The highest BCUT2D eigenvalue weighted by molar-refractivity contribution is 5.17. The first kappa shape index (κ1) is 6.60. The molecular weight excluding hydrogens is 108 g/mol. The van der Waals surface area contributed by atoms with E-state index >= 15 is 0 Å². The van der Waals surface area contributed by atoms with E-state index in [1.165, 1.54) is 25.7 Å². The topological polar surface area (TPSA) is 0 Å². The van der Waals surface area contributed by atoms with Crippen LogP contribution in [0.5, 0.6) is 0 Å². The number of rotatable bonds is 2. The van der Waals surface area contributed by atoms with Crippen molar-refractivity contribution < 1.29 is 0 Å². The molecule has 1 aliphatic carbocycles. The van der Waals surface area contributed by atoms with Gasteiger partial charge < -0.3 is 0 Å². The Labute approximate surface area is 57.3 Å². The monoisotopic (exact) mass is 122 g/mol. The van der Waals surface area contributed by atoms with Gasteiger partial charge in [0.1, 0.15) is 0 Å². The van der Waals surface area contributed by atoms with Crippen LogP contribution in [-0.4, -0.2) is 0 Å². The molecule has 0 unspecified atom stereocenters. The first-order valence-corrected chi connectivity index (χ1v) is 3.78. The summed E-state index contributed by atoms with van der Waals surface area (Å²) in [5.41, 5.74) is 1.63. The second kappa shape index (κ2) is 3.49. The summed E-state index contributed by atoms with van der Waals surface area (Å²) >= 11 is 0. The Hall–Kier alpha value is -0.520. The lowest BCUT2D eigenvalue weighted by atomic mass is 10.0. The highest BCUT2D eigenvalue weighted by atomic mass is 14.0. The van der Waals surface area contributed by atoms with Crippen molar-refractivity contribution in [1.29, 1.82) is 0 Å². The standard InChI is InChI=1S/C9H14/c1-2-6-9-7-4-3-5-8-9/h3-4,7H,2,5-6,8H2,1H3. The molecule has 0 heteroatoms. The Bertz CT molecular complexity index is 129. The van der Waals surface area contributed by atoms with Crippen molar-refractivity contribution in [3.8, 4) is 0 Å². The van der Waals surface area contributed by atoms with E-state index in [0.717, 1.165) is 0 Å². The third-order valence-electron chi connectivity index (χ3n) is 1.67. The van der Waals surface area contributed by atoms with Crippen molar-refractivity contribution in [3.05, 3.63) is 23.8 Å². The third-order valence-corrected chi connectivity index (χ3v) is 1.67. The van der Waals surface area contributed by atoms with E-state index < -0.39 is 0 Å². The third kappa shape index (κ3) is 2.05. The summed E-state index contributed by atoms with van der Waals surface area (Å²) in [7, 11) is 0. The second-order valence-corrected chi connectivity index (χ2v) is 2.54. The van der Waals surface area contributed by atoms with Gasteiger partial charge in [-0.2, -0.15) is 0 Å². The van der Waals surface area contributed by atoms with Gasteiger partial charge in [-0.1, -0.05) is 37.1 Å². The van der Waals surface area contributed by atoms with Crippen molar-refractivity contribution in [2.75, 3.05) is 0 Å². The molecule has 1 aliphatic rings. The molecule has 0 amide bonds. The lowest BCUT2D eigenvalue weighted by Gasteiger charge is -2.05. The summed E-state index contributed by atoms with van der Waals surface area (Å²) < 4.78 is 0. The van der Waals surface area contributed by atoms with Crippen LogP contribution in [0.3, 0.4) is 0 Å². The predicted octanol–water partition coefficient (Wildman–Crippen LogP) is 3.06. The molecule has 0 N–H and O–H groups in total. The molecule has 0 aromatic rings. The van der Waals surface area contributed by atoms with Crippen molar-refractivity contribution in [2.24, 2.45) is 0 Å². The molecule has 0 aromatic heterocycles. The molecular formula is C9H14. The maximum Gasteiger partial charge on any atom is -0.0282 e. The maximum absolute atomic E-state index is 2.26. The van der Waals surface area contributed by atoms with Crippen LogP contribution < -0.4 is 0 Å². The minimum absolute atomic E-state index is 1.26. The lowest BCUT2D eigenvalue weighted by Crippen LogP contribution is -1.85. The maximum atomic E-state index is 2.26. The minimum atomic E-state index is 1.26. The van der Waals surface area contributed by atoms with Gasteiger partial charge in [0.2, 0.25) is 0 Å². The molecule has 0 spiro atoms. The molecule has 0 bridgehead atoms. The summed E-state index contributed by atoms with van der Waals surface area (Å²) in [6.07, 6.45) is 11.8. The fourth-order valence-corrected chi connectivity index (χ4v) is 1.18. The molecule has 0 saturated carbocycles. The smallest absolute Gasteiger partial charge is 0.0282 e. The molecule has 50 valence electrons. The zero-order valence-electron chi connectivity index (χ0n) is 6.06. The van der Waals surface area contributed by atoms with Crippen LogP contribution in [0.1, 0.15) is 32.6 Å². The molecule has 0 saturated heterocycles. The van der Waals surface area contributed by atoms with Crippen molar-refractivity contribution >= 4 is 0 Å². The molecule has 0 atom stereocenters. The fraction of sp³-hybridized carbons (Fsp3) is 0.556. The van der Waals surface area contributed by atoms with Crippen LogP contribution in [0.2, 0.25) is 0 Å². The number of hydrogen-bond acceptors (Lipinski definition) is 0. The molecule has 0 nitrogen and oxygen atoms in total. The minimum Gasteiger partial charge on any atom is -0.0842 e. The van der Waals surface area contributed by atoms with Crippen molar-refractivity contribution in [3.63, 3.8) is 0 Å². The van der Waals surface area contributed by atoms with Crippen LogP contribution >= 0.6 is 0 Å². The average Bonchev–Trinajstić information content (AvgIpc) is 1.91. The number of hydrogen-bond donors (Lipinski definition) is 0. The molecule has 9 heavy (non-hydrogen) atoms. The Kier molecular flexibility index (Phi) is 2.56. The second-order valence-electron chi connectivity index (χ2n) is 2.54. The SMILES string of the molecule is CCCC1=CC=CCC1. The highest BCUT2D eigenvalue weighted by Crippen LogP contribution is 2.15. The highest BCUT2D eigenvalue weighted by Gasteiger charge is 1.95. The molecule has 0 fully saturated rings. The average molecular weight is 122 g/mol. The van der Waals surface area contributed by atoms with Gasteiger partial charge in [0, 0.05) is 0 Å². The zero-order chi connectivity index (χ0) is 6.53. The van der Waals surface area contributed by atoms with Crippen LogP contribution in [0.4, 0.5) is 0 Å². The van der Waals surface area contributed by atoms with Crippen LogP contribution in [0, 0.1) is 0 Å². The van der Waals surface area contributed by atoms with Gasteiger partial charge in [-0.15, -0.1) is 0 Å². The quantitative estimate of drug-likeness (QED) is 0.528. The van der Waals surface area contributed by atoms with Gasteiger partial charge in [-0.3, -0.25) is 0 Å². The van der Waals surface area contributed by atoms with Gasteiger partial charge in [0.15, 0.2) is 0 Å². The van der Waals surface area contributed by atoms with Gasteiger partial charge in [-0.25, -0.2) is 0 Å². The van der Waals surface area contributed by atoms with Crippen molar-refractivity contribution in [1.82, 2.24) is 0 Å². The summed E-state index contributed by atoms with van der Waals surface area (Å²) in [5.74, 6) is 0. The molecule has 0 radical (unpaired) electrons. The Morgan fingerprint density at radius 3 is 3.00 bits per heavy atom. The molecule has 0 heterocycles. The van der Waals surface area contributed by atoms with E-state index in [1.54, 1.807) is 5.57 Å². The van der Waals surface area contributed by atoms with E-state index in [2.05, 4.69) is 25.2 Å². The largest absolute Gasteiger partial charge is 0.0842 e. The first-order valence-electron chi connectivity index (χ1n) is 3.78. The van der Waals surface area contributed by atoms with Gasteiger partial charge in [0.25, 0.3) is 0 Å². The van der Waals surface area contributed by atoms with Gasteiger partial charge in [-0.05, 0) is 19.3 Å². The van der Waals surface area contributed by atoms with Crippen LogP contribution in [0.25, 0.3) is 0 Å². The van der Waals surface area contributed by atoms with Crippen LogP contribution in [-0.2, 0) is 0 Å². The fourth-order valence-electron chi connectivity index (χ4n) is 1.18. The summed E-state index contributed by atoms with van der Waals surface area (Å²) in [6.45, 7) is 2.24. The van der Waals surface area contributed by atoms with Crippen LogP contribution in [0.15, 0.2) is 23.8 Å². The Morgan fingerprint density at radius 1 is 1.56 bits per heavy atom. The van der Waals surface area contributed by atoms with E-state index in [1.807, 2.05) is 0 Å². The molecule has 0 aliphatic heterocycles. The summed E-state index contributed by atoms with van der Waals surface area (Å²) in [6, 6.07) is 0. The first-order chi connectivity index (χ1) is 4.43. The Morgan fingerprint density at radius 2 is 2.44 bits per heavy atom. The molecule has 1 rings (SSSR count). The van der Waals surface area contributed by atoms with Crippen molar-refractivity contribution in [2.45, 2.75) is 32.6 Å². The van der Waals surface area contributed by atoms with Gasteiger partial charge >= 0.3 is 0 Å². The summed E-state index contributed by atoms with van der Waals surface area (Å²) in [5, 5.41) is 0. The van der Waals surface area contributed by atoms with Gasteiger partial charge in [0.05, 0.1) is 0 Å². The number of allylic oxidation sites excluding steroid dienone is 4. The van der Waals surface area contributed by atoms with E-state index in [9.17, 15) is 0 Å². The van der Waals surface area contributed by atoms with E-state index in [-0.39, 0.29) is 0 Å². The normalized spacial score (nSPS) is 17.7.